The molecule has 19 heavy (non-hydrogen) atoms. The maximum atomic E-state index is 13.5. The maximum Gasteiger partial charge on any atom is 0.129 e. The molecule has 0 unspecified atom stereocenters. The molecule has 3 heteroatoms. The molecule has 0 saturated carbocycles. The summed E-state index contributed by atoms with van der Waals surface area (Å²) >= 11 is 3.62. The summed E-state index contributed by atoms with van der Waals surface area (Å²) in [5.41, 5.74) is 0.812. The third-order valence-corrected chi connectivity index (χ3v) is 4.72. The monoisotopic (exact) mass is 330 g/mol. The molecule has 0 aliphatic rings. The molecular weight excluding hydrogens is 307 g/mol. The molecule has 1 aromatic carbocycles. The minimum absolute atomic E-state index is 0.158. The molecule has 0 aliphatic heterocycles. The largest absolute Gasteiger partial charge is 0.493 e. The van der Waals surface area contributed by atoms with Crippen LogP contribution in [0, 0.1) is 18.2 Å². The second-order valence-corrected chi connectivity index (χ2v) is 5.89. The fourth-order valence-corrected chi connectivity index (χ4v) is 3.12. The van der Waals surface area contributed by atoms with E-state index in [4.69, 9.17) is 4.74 Å². The highest BCUT2D eigenvalue weighted by Gasteiger charge is 2.28. The van der Waals surface area contributed by atoms with Gasteiger partial charge in [-0.25, -0.2) is 4.39 Å². The molecule has 1 nitrogen and oxygen atoms in total. The SMILES string of the molecule is CCCC(CBr)(CCC)COc1ccc(C)c(F)c1. The van der Waals surface area contributed by atoms with Gasteiger partial charge in [-0.2, -0.15) is 0 Å². The third kappa shape index (κ3) is 4.79. The van der Waals surface area contributed by atoms with Crippen molar-refractivity contribution in [2.75, 3.05) is 11.9 Å². The standard InChI is InChI=1S/C16H24BrFO/c1-4-8-16(11-17,9-5-2)12-19-14-7-6-13(3)15(18)10-14/h6-7,10H,4-5,8-9,11-12H2,1-3H3. The van der Waals surface area contributed by atoms with Crippen LogP contribution in [0.1, 0.15) is 45.1 Å². The van der Waals surface area contributed by atoms with Gasteiger partial charge in [0.2, 0.25) is 0 Å². The Morgan fingerprint density at radius 2 is 1.84 bits per heavy atom. The van der Waals surface area contributed by atoms with Crippen molar-refractivity contribution in [2.45, 2.75) is 46.5 Å². The van der Waals surface area contributed by atoms with Crippen molar-refractivity contribution < 1.29 is 9.13 Å². The lowest BCUT2D eigenvalue weighted by Gasteiger charge is -2.31. The van der Waals surface area contributed by atoms with E-state index in [1.54, 1.807) is 13.0 Å². The molecule has 108 valence electrons. The van der Waals surface area contributed by atoms with Gasteiger partial charge in [0, 0.05) is 16.8 Å². The van der Waals surface area contributed by atoms with Gasteiger partial charge in [-0.1, -0.05) is 48.7 Å². The van der Waals surface area contributed by atoms with Crippen LogP contribution in [0.3, 0.4) is 0 Å². The molecule has 0 saturated heterocycles. The topological polar surface area (TPSA) is 9.23 Å². The van der Waals surface area contributed by atoms with Crippen LogP contribution < -0.4 is 4.74 Å². The van der Waals surface area contributed by atoms with E-state index in [1.165, 1.54) is 6.07 Å². The highest BCUT2D eigenvalue weighted by molar-refractivity contribution is 9.09. The van der Waals surface area contributed by atoms with Crippen molar-refractivity contribution in [1.82, 2.24) is 0 Å². The van der Waals surface area contributed by atoms with Crippen LogP contribution in [0.15, 0.2) is 18.2 Å². The fourth-order valence-electron chi connectivity index (χ4n) is 2.40. The first kappa shape index (κ1) is 16.5. The van der Waals surface area contributed by atoms with E-state index in [0.717, 1.165) is 31.0 Å². The summed E-state index contributed by atoms with van der Waals surface area (Å²) in [6.45, 7) is 6.79. The molecule has 0 aliphatic carbocycles. The second kappa shape index (κ2) is 7.88. The van der Waals surface area contributed by atoms with Gasteiger partial charge in [0.1, 0.15) is 11.6 Å². The van der Waals surface area contributed by atoms with Gasteiger partial charge in [-0.15, -0.1) is 0 Å². The Balaban J connectivity index is 2.71. The first-order valence-corrected chi connectivity index (χ1v) is 8.14. The third-order valence-electron chi connectivity index (χ3n) is 3.53. The number of ether oxygens (including phenoxy) is 1. The first-order valence-electron chi connectivity index (χ1n) is 7.02. The molecule has 0 spiro atoms. The van der Waals surface area contributed by atoms with Crippen LogP contribution in [-0.2, 0) is 0 Å². The van der Waals surface area contributed by atoms with Gasteiger partial charge in [-0.3, -0.25) is 0 Å². The molecule has 1 aromatic rings. The lowest BCUT2D eigenvalue weighted by Crippen LogP contribution is -2.30. The van der Waals surface area contributed by atoms with Crippen LogP contribution in [0.5, 0.6) is 5.75 Å². The smallest absolute Gasteiger partial charge is 0.129 e. The van der Waals surface area contributed by atoms with Crippen LogP contribution in [0.25, 0.3) is 0 Å². The Labute approximate surface area is 124 Å². The average Bonchev–Trinajstić information content (AvgIpc) is 2.40. The van der Waals surface area contributed by atoms with E-state index in [0.29, 0.717) is 17.9 Å². The van der Waals surface area contributed by atoms with Gasteiger partial charge in [0.15, 0.2) is 0 Å². The Morgan fingerprint density at radius 1 is 1.21 bits per heavy atom. The van der Waals surface area contributed by atoms with Crippen LogP contribution >= 0.6 is 15.9 Å². The summed E-state index contributed by atoms with van der Waals surface area (Å²) < 4.78 is 19.3. The fraction of sp³-hybridized carbons (Fsp3) is 0.625. The van der Waals surface area contributed by atoms with E-state index >= 15 is 0 Å². The molecule has 1 rings (SSSR count). The van der Waals surface area contributed by atoms with Gasteiger partial charge in [0.05, 0.1) is 6.61 Å². The number of rotatable bonds is 8. The Kier molecular flexibility index (Phi) is 6.84. The number of alkyl halides is 1. The number of halogens is 2. The summed E-state index contributed by atoms with van der Waals surface area (Å²) in [6, 6.07) is 5.08. The number of aryl methyl sites for hydroxylation is 1. The normalized spacial score (nSPS) is 11.6. The van der Waals surface area contributed by atoms with Crippen molar-refractivity contribution in [3.63, 3.8) is 0 Å². The molecule has 0 bridgehead atoms. The van der Waals surface area contributed by atoms with Gasteiger partial charge in [-0.05, 0) is 31.4 Å². The number of hydrogen-bond acceptors (Lipinski definition) is 1. The van der Waals surface area contributed by atoms with E-state index in [1.807, 2.05) is 6.07 Å². The van der Waals surface area contributed by atoms with Crippen molar-refractivity contribution in [3.05, 3.63) is 29.6 Å². The Morgan fingerprint density at radius 3 is 2.32 bits per heavy atom. The molecule has 0 heterocycles. The van der Waals surface area contributed by atoms with Crippen LogP contribution in [0.2, 0.25) is 0 Å². The average molecular weight is 331 g/mol. The van der Waals surface area contributed by atoms with E-state index in [9.17, 15) is 4.39 Å². The summed E-state index contributed by atoms with van der Waals surface area (Å²) in [7, 11) is 0. The predicted molar refractivity (Wildman–Crippen MR) is 82.7 cm³/mol. The zero-order valence-corrected chi connectivity index (χ0v) is 13.7. The highest BCUT2D eigenvalue weighted by atomic mass is 79.9. The quantitative estimate of drug-likeness (QED) is 0.572. The molecule has 0 aromatic heterocycles. The van der Waals surface area contributed by atoms with Crippen LogP contribution in [0.4, 0.5) is 4.39 Å². The summed E-state index contributed by atoms with van der Waals surface area (Å²) in [5, 5.41) is 0.927. The van der Waals surface area contributed by atoms with Crippen molar-refractivity contribution in [2.24, 2.45) is 5.41 Å². The Hall–Kier alpha value is -0.570. The zero-order valence-electron chi connectivity index (χ0n) is 12.1. The molecule has 0 fully saturated rings. The van der Waals surface area contributed by atoms with Crippen molar-refractivity contribution in [3.8, 4) is 5.75 Å². The summed E-state index contributed by atoms with van der Waals surface area (Å²) in [4.78, 5) is 0. The highest BCUT2D eigenvalue weighted by Crippen LogP contribution is 2.33. The summed E-state index contributed by atoms with van der Waals surface area (Å²) in [5.74, 6) is 0.425. The minimum atomic E-state index is -0.201. The Bertz CT molecular complexity index is 386. The molecule has 0 atom stereocenters. The van der Waals surface area contributed by atoms with Crippen LogP contribution in [-0.4, -0.2) is 11.9 Å². The van der Waals surface area contributed by atoms with Crippen molar-refractivity contribution >= 4 is 15.9 Å². The molecule has 0 amide bonds. The number of benzene rings is 1. The lowest BCUT2D eigenvalue weighted by atomic mass is 9.82. The van der Waals surface area contributed by atoms with Gasteiger partial charge < -0.3 is 4.74 Å². The second-order valence-electron chi connectivity index (χ2n) is 5.33. The molecule has 0 radical (unpaired) electrons. The van der Waals surface area contributed by atoms with Gasteiger partial charge >= 0.3 is 0 Å². The van der Waals surface area contributed by atoms with Crippen molar-refractivity contribution in [1.29, 1.82) is 0 Å². The summed E-state index contributed by atoms with van der Waals surface area (Å²) in [6.07, 6.45) is 4.52. The minimum Gasteiger partial charge on any atom is -0.493 e. The first-order chi connectivity index (χ1) is 9.06. The zero-order chi connectivity index (χ0) is 14.3. The predicted octanol–water partition coefficient (Wildman–Crippen LogP) is 5.49. The lowest BCUT2D eigenvalue weighted by molar-refractivity contribution is 0.144. The van der Waals surface area contributed by atoms with E-state index in [-0.39, 0.29) is 11.2 Å². The maximum absolute atomic E-state index is 13.5. The van der Waals surface area contributed by atoms with Gasteiger partial charge in [0.25, 0.3) is 0 Å². The number of hydrogen-bond donors (Lipinski definition) is 0. The molecule has 0 N–H and O–H groups in total. The van der Waals surface area contributed by atoms with E-state index < -0.39 is 0 Å². The van der Waals surface area contributed by atoms with E-state index in [2.05, 4.69) is 29.8 Å². The molecular formula is C16H24BrFO.